The zero-order chi connectivity index (χ0) is 16.9. The Labute approximate surface area is 142 Å². The van der Waals surface area contributed by atoms with Crippen molar-refractivity contribution in [2.75, 3.05) is 11.1 Å². The van der Waals surface area contributed by atoms with Crippen LogP contribution in [-0.4, -0.2) is 21.9 Å². The molecule has 2 aromatic carbocycles. The number of halogens is 1. The van der Waals surface area contributed by atoms with Gasteiger partial charge in [0, 0.05) is 5.69 Å². The summed E-state index contributed by atoms with van der Waals surface area (Å²) in [5.74, 6) is -0.405. The molecular weight excluding hydrogens is 329 g/mol. The number of amides is 1. The zero-order valence-electron chi connectivity index (χ0n) is 12.8. The van der Waals surface area contributed by atoms with Gasteiger partial charge in [-0.3, -0.25) is 4.79 Å². The summed E-state index contributed by atoms with van der Waals surface area (Å²) < 4.78 is 19.1. The van der Waals surface area contributed by atoms with Gasteiger partial charge in [-0.25, -0.2) is 4.39 Å². The lowest BCUT2D eigenvalue weighted by atomic mass is 10.2. The van der Waals surface area contributed by atoms with E-state index in [1.807, 2.05) is 31.2 Å². The number of carbonyl (C=O) groups excluding carboxylic acids is 1. The Morgan fingerprint density at radius 3 is 2.71 bits per heavy atom. The molecule has 1 amide bonds. The number of hydrogen-bond donors (Lipinski definition) is 1. The van der Waals surface area contributed by atoms with Gasteiger partial charge in [0.15, 0.2) is 0 Å². The summed E-state index contributed by atoms with van der Waals surface area (Å²) in [6, 6.07) is 13.7. The van der Waals surface area contributed by atoms with Gasteiger partial charge in [0.05, 0.1) is 11.3 Å². The molecule has 1 aromatic heterocycles. The van der Waals surface area contributed by atoms with Gasteiger partial charge in [-0.1, -0.05) is 42.1 Å². The maximum Gasteiger partial charge on any atom is 0.277 e. The van der Waals surface area contributed by atoms with E-state index in [0.717, 1.165) is 23.0 Å². The standard InChI is InChI=1S/C17H14FN3O2S/c1-11-6-2-5-9-14(11)19-15(22)10-24-17-21-20-16(23-17)12-7-3-4-8-13(12)18/h2-9H,10H2,1H3,(H,19,22). The van der Waals surface area contributed by atoms with Crippen LogP contribution in [0.4, 0.5) is 10.1 Å². The maximum absolute atomic E-state index is 13.7. The van der Waals surface area contributed by atoms with Crippen LogP contribution in [0.15, 0.2) is 58.2 Å². The smallest absolute Gasteiger partial charge is 0.277 e. The number of para-hydroxylation sites is 1. The molecule has 7 heteroatoms. The third kappa shape index (κ3) is 3.80. The van der Waals surface area contributed by atoms with Crippen molar-refractivity contribution in [2.24, 2.45) is 0 Å². The molecule has 0 radical (unpaired) electrons. The van der Waals surface area contributed by atoms with Crippen molar-refractivity contribution in [1.82, 2.24) is 10.2 Å². The van der Waals surface area contributed by atoms with Gasteiger partial charge in [0.25, 0.3) is 11.1 Å². The molecule has 0 fully saturated rings. The van der Waals surface area contributed by atoms with Crippen LogP contribution < -0.4 is 5.32 Å². The minimum atomic E-state index is -0.435. The zero-order valence-corrected chi connectivity index (χ0v) is 13.6. The second-order valence-corrected chi connectivity index (χ2v) is 5.93. The molecule has 0 aliphatic heterocycles. The van der Waals surface area contributed by atoms with Crippen LogP contribution in [0.3, 0.4) is 0 Å². The first-order valence-corrected chi connectivity index (χ1v) is 8.19. The lowest BCUT2D eigenvalue weighted by Gasteiger charge is -2.06. The molecular formula is C17H14FN3O2S. The summed E-state index contributed by atoms with van der Waals surface area (Å²) in [6.07, 6.45) is 0. The van der Waals surface area contributed by atoms with E-state index < -0.39 is 5.82 Å². The largest absolute Gasteiger partial charge is 0.411 e. The molecule has 0 unspecified atom stereocenters. The monoisotopic (exact) mass is 343 g/mol. The predicted octanol–water partition coefficient (Wildman–Crippen LogP) is 3.91. The van der Waals surface area contributed by atoms with Crippen LogP contribution in [0.25, 0.3) is 11.5 Å². The number of thioether (sulfide) groups is 1. The molecule has 0 aliphatic carbocycles. The molecule has 24 heavy (non-hydrogen) atoms. The number of aromatic nitrogens is 2. The fourth-order valence-corrected chi connectivity index (χ4v) is 2.60. The Morgan fingerprint density at radius 2 is 1.92 bits per heavy atom. The van der Waals surface area contributed by atoms with E-state index in [9.17, 15) is 9.18 Å². The predicted molar refractivity (Wildman–Crippen MR) is 90.2 cm³/mol. The molecule has 0 aliphatic rings. The molecule has 122 valence electrons. The van der Waals surface area contributed by atoms with Gasteiger partial charge in [-0.15, -0.1) is 10.2 Å². The van der Waals surface area contributed by atoms with E-state index in [4.69, 9.17) is 4.42 Å². The van der Waals surface area contributed by atoms with E-state index in [1.54, 1.807) is 18.2 Å². The van der Waals surface area contributed by atoms with Crippen molar-refractivity contribution in [1.29, 1.82) is 0 Å². The average Bonchev–Trinajstić information content (AvgIpc) is 3.04. The lowest BCUT2D eigenvalue weighted by Crippen LogP contribution is -2.14. The Bertz CT molecular complexity index is 866. The number of nitrogens with one attached hydrogen (secondary N) is 1. The van der Waals surface area contributed by atoms with Gasteiger partial charge in [0.1, 0.15) is 5.82 Å². The first-order valence-electron chi connectivity index (χ1n) is 7.20. The molecule has 1 heterocycles. The lowest BCUT2D eigenvalue weighted by molar-refractivity contribution is -0.113. The molecule has 1 N–H and O–H groups in total. The molecule has 3 aromatic rings. The van der Waals surface area contributed by atoms with E-state index in [1.165, 1.54) is 6.07 Å². The minimum absolute atomic E-state index is 0.0925. The first kappa shape index (κ1) is 16.2. The van der Waals surface area contributed by atoms with Gasteiger partial charge < -0.3 is 9.73 Å². The summed E-state index contributed by atoms with van der Waals surface area (Å²) in [4.78, 5) is 12.0. The Morgan fingerprint density at radius 1 is 1.17 bits per heavy atom. The highest BCUT2D eigenvalue weighted by atomic mass is 32.2. The van der Waals surface area contributed by atoms with Crippen LogP contribution in [-0.2, 0) is 4.79 Å². The summed E-state index contributed by atoms with van der Waals surface area (Å²) in [7, 11) is 0. The molecule has 0 spiro atoms. The Balaban J connectivity index is 1.61. The quantitative estimate of drug-likeness (QED) is 0.711. The van der Waals surface area contributed by atoms with Gasteiger partial charge >= 0.3 is 0 Å². The van der Waals surface area contributed by atoms with Crippen molar-refractivity contribution in [2.45, 2.75) is 12.1 Å². The highest BCUT2D eigenvalue weighted by Crippen LogP contribution is 2.25. The number of carbonyl (C=O) groups is 1. The number of nitrogens with zero attached hydrogens (tertiary/aromatic N) is 2. The van der Waals surface area contributed by atoms with E-state index in [-0.39, 0.29) is 28.3 Å². The molecule has 0 saturated heterocycles. The number of rotatable bonds is 5. The van der Waals surface area contributed by atoms with Crippen molar-refractivity contribution in [3.05, 3.63) is 59.9 Å². The van der Waals surface area contributed by atoms with Crippen LogP contribution in [0, 0.1) is 12.7 Å². The molecule has 0 bridgehead atoms. The van der Waals surface area contributed by atoms with Crippen LogP contribution >= 0.6 is 11.8 Å². The third-order valence-electron chi connectivity index (χ3n) is 3.26. The van der Waals surface area contributed by atoms with Gasteiger partial charge in [0.2, 0.25) is 5.91 Å². The number of anilines is 1. The maximum atomic E-state index is 13.7. The summed E-state index contributed by atoms with van der Waals surface area (Å²) in [5.41, 5.74) is 1.98. The summed E-state index contributed by atoms with van der Waals surface area (Å²) >= 11 is 1.10. The van der Waals surface area contributed by atoms with Crippen LogP contribution in [0.1, 0.15) is 5.56 Å². The second-order valence-electron chi connectivity index (χ2n) is 5.00. The SMILES string of the molecule is Cc1ccccc1NC(=O)CSc1nnc(-c2ccccc2F)o1. The fraction of sp³-hybridized carbons (Fsp3) is 0.118. The highest BCUT2D eigenvalue weighted by molar-refractivity contribution is 7.99. The average molecular weight is 343 g/mol. The van der Waals surface area contributed by atoms with Gasteiger partial charge in [-0.05, 0) is 30.7 Å². The van der Waals surface area contributed by atoms with Crippen LogP contribution in [0.5, 0.6) is 0 Å². The van der Waals surface area contributed by atoms with E-state index in [0.29, 0.717) is 0 Å². The topological polar surface area (TPSA) is 68.0 Å². The number of hydrogen-bond acceptors (Lipinski definition) is 5. The molecule has 5 nitrogen and oxygen atoms in total. The highest BCUT2D eigenvalue weighted by Gasteiger charge is 2.14. The molecule has 3 rings (SSSR count). The van der Waals surface area contributed by atoms with Gasteiger partial charge in [-0.2, -0.15) is 0 Å². The van der Waals surface area contributed by atoms with Crippen LogP contribution in [0.2, 0.25) is 0 Å². The number of benzene rings is 2. The van der Waals surface area contributed by atoms with Crippen molar-refractivity contribution in [3.8, 4) is 11.5 Å². The van der Waals surface area contributed by atoms with E-state index >= 15 is 0 Å². The Hall–Kier alpha value is -2.67. The second kappa shape index (κ2) is 7.27. The normalized spacial score (nSPS) is 10.6. The van der Waals surface area contributed by atoms with Crippen molar-refractivity contribution < 1.29 is 13.6 Å². The summed E-state index contributed by atoms with van der Waals surface area (Å²) in [5, 5.41) is 10.7. The minimum Gasteiger partial charge on any atom is -0.411 e. The fourth-order valence-electron chi connectivity index (χ4n) is 2.04. The summed E-state index contributed by atoms with van der Waals surface area (Å²) in [6.45, 7) is 1.92. The molecule has 0 saturated carbocycles. The van der Waals surface area contributed by atoms with Crippen molar-refractivity contribution in [3.63, 3.8) is 0 Å². The van der Waals surface area contributed by atoms with Crippen molar-refractivity contribution >= 4 is 23.4 Å². The Kier molecular flexibility index (Phi) is 4.90. The number of aryl methyl sites for hydroxylation is 1. The third-order valence-corrected chi connectivity index (χ3v) is 4.08. The van der Waals surface area contributed by atoms with E-state index in [2.05, 4.69) is 15.5 Å². The molecule has 0 atom stereocenters. The first-order chi connectivity index (χ1) is 11.6.